The average molecular weight is 217 g/mol. The highest BCUT2D eigenvalue weighted by Crippen LogP contribution is 1.97. The maximum absolute atomic E-state index is 8.75. The monoisotopic (exact) mass is 217 g/mol. The van der Waals surface area contributed by atoms with E-state index in [9.17, 15) is 0 Å². The third-order valence-electron chi connectivity index (χ3n) is 2.53. The summed E-state index contributed by atoms with van der Waals surface area (Å²) in [6.07, 6.45) is 6.98. The molecule has 0 spiro atoms. The van der Waals surface area contributed by atoms with E-state index in [1.54, 1.807) is 0 Å². The Kier molecular flexibility index (Phi) is 3.72. The molecule has 1 aromatic heterocycles. The van der Waals surface area contributed by atoms with Gasteiger partial charge in [-0.1, -0.05) is 30.3 Å². The summed E-state index contributed by atoms with van der Waals surface area (Å²) in [5.74, 6) is 0. The predicted octanol–water partition coefficient (Wildman–Crippen LogP) is 1.21. The second kappa shape index (κ2) is 5.47. The number of aliphatic hydroxyl groups is 1. The molecule has 84 valence electrons. The second-order valence-corrected chi connectivity index (χ2v) is 3.89. The van der Waals surface area contributed by atoms with Crippen molar-refractivity contribution < 1.29 is 9.67 Å². The Hall–Kier alpha value is -1.61. The first kappa shape index (κ1) is 10.9. The Morgan fingerprint density at radius 3 is 2.75 bits per heavy atom. The molecule has 0 saturated heterocycles. The fourth-order valence-corrected chi connectivity index (χ4v) is 1.71. The number of aryl methyl sites for hydroxylation is 1. The molecule has 0 unspecified atom stereocenters. The number of benzene rings is 1. The standard InChI is InChI=1S/C13H17N2O/c16-10-4-7-14-8-9-15(12-14)11-13-5-2-1-3-6-13/h1-3,5-6,8-9,12,16H,4,7,10-11H2/q+1. The van der Waals surface area contributed by atoms with Gasteiger partial charge in [0.25, 0.3) is 0 Å². The first-order valence-electron chi connectivity index (χ1n) is 5.58. The van der Waals surface area contributed by atoms with Crippen LogP contribution >= 0.6 is 0 Å². The van der Waals surface area contributed by atoms with E-state index in [0.29, 0.717) is 0 Å². The fraction of sp³-hybridized carbons (Fsp3) is 0.308. The fourth-order valence-electron chi connectivity index (χ4n) is 1.71. The van der Waals surface area contributed by atoms with Crippen molar-refractivity contribution in [1.82, 2.24) is 4.57 Å². The van der Waals surface area contributed by atoms with Crippen molar-refractivity contribution in [2.24, 2.45) is 0 Å². The lowest BCUT2D eigenvalue weighted by Crippen LogP contribution is -2.31. The summed E-state index contributed by atoms with van der Waals surface area (Å²) in [6, 6.07) is 10.4. The van der Waals surface area contributed by atoms with Crippen LogP contribution in [-0.4, -0.2) is 16.3 Å². The summed E-state index contributed by atoms with van der Waals surface area (Å²) in [6.45, 7) is 2.02. The number of nitrogens with zero attached hydrogens (tertiary/aromatic N) is 2. The largest absolute Gasteiger partial charge is 0.396 e. The van der Waals surface area contributed by atoms with E-state index in [0.717, 1.165) is 19.5 Å². The van der Waals surface area contributed by atoms with Crippen LogP contribution in [0.3, 0.4) is 0 Å². The SMILES string of the molecule is OCCCn1cc[n+](Cc2ccccc2)c1. The van der Waals surface area contributed by atoms with Crippen LogP contribution in [0, 0.1) is 0 Å². The number of hydrogen-bond donors (Lipinski definition) is 1. The maximum atomic E-state index is 8.75. The Balaban J connectivity index is 1.97. The molecule has 1 heterocycles. The summed E-state index contributed by atoms with van der Waals surface area (Å²) in [4.78, 5) is 0. The molecule has 0 atom stereocenters. The summed E-state index contributed by atoms with van der Waals surface area (Å²) in [7, 11) is 0. The second-order valence-electron chi connectivity index (χ2n) is 3.89. The molecule has 2 aromatic rings. The number of aromatic nitrogens is 2. The predicted molar refractivity (Wildman–Crippen MR) is 61.9 cm³/mol. The molecule has 1 aromatic carbocycles. The van der Waals surface area contributed by atoms with E-state index in [2.05, 4.69) is 45.9 Å². The maximum Gasteiger partial charge on any atom is 0.244 e. The van der Waals surface area contributed by atoms with E-state index < -0.39 is 0 Å². The Morgan fingerprint density at radius 1 is 1.19 bits per heavy atom. The molecule has 0 aliphatic rings. The third kappa shape index (κ3) is 2.94. The van der Waals surface area contributed by atoms with Gasteiger partial charge in [-0.2, -0.15) is 0 Å². The Morgan fingerprint density at radius 2 is 2.00 bits per heavy atom. The van der Waals surface area contributed by atoms with Crippen molar-refractivity contribution in [3.63, 3.8) is 0 Å². The van der Waals surface area contributed by atoms with Gasteiger partial charge in [0.2, 0.25) is 6.33 Å². The first-order chi connectivity index (χ1) is 7.88. The summed E-state index contributed by atoms with van der Waals surface area (Å²) in [5.41, 5.74) is 1.30. The molecule has 3 nitrogen and oxygen atoms in total. The molecule has 0 radical (unpaired) electrons. The number of rotatable bonds is 5. The normalized spacial score (nSPS) is 10.6. The van der Waals surface area contributed by atoms with Gasteiger partial charge in [0.15, 0.2) is 0 Å². The van der Waals surface area contributed by atoms with Crippen molar-refractivity contribution in [1.29, 1.82) is 0 Å². The molecule has 0 amide bonds. The first-order valence-corrected chi connectivity index (χ1v) is 5.58. The van der Waals surface area contributed by atoms with Crippen LogP contribution in [0.4, 0.5) is 0 Å². The van der Waals surface area contributed by atoms with Crippen molar-refractivity contribution in [2.75, 3.05) is 6.61 Å². The molecule has 0 aliphatic carbocycles. The molecule has 0 saturated carbocycles. The van der Waals surface area contributed by atoms with Gasteiger partial charge in [-0.05, 0) is 5.56 Å². The number of imidazole rings is 1. The van der Waals surface area contributed by atoms with Gasteiger partial charge in [0.05, 0.1) is 6.54 Å². The Labute approximate surface area is 95.6 Å². The van der Waals surface area contributed by atoms with Gasteiger partial charge in [-0.3, -0.25) is 0 Å². The minimum absolute atomic E-state index is 0.247. The van der Waals surface area contributed by atoms with Gasteiger partial charge in [-0.25, -0.2) is 9.13 Å². The van der Waals surface area contributed by atoms with Crippen molar-refractivity contribution in [3.05, 3.63) is 54.6 Å². The van der Waals surface area contributed by atoms with E-state index >= 15 is 0 Å². The van der Waals surface area contributed by atoms with Gasteiger partial charge in [0, 0.05) is 13.0 Å². The van der Waals surface area contributed by atoms with Crippen LogP contribution in [0.25, 0.3) is 0 Å². The lowest BCUT2D eigenvalue weighted by atomic mass is 10.2. The average Bonchev–Trinajstić information content (AvgIpc) is 2.75. The van der Waals surface area contributed by atoms with Gasteiger partial charge >= 0.3 is 0 Å². The zero-order valence-electron chi connectivity index (χ0n) is 9.29. The zero-order chi connectivity index (χ0) is 11.2. The molecule has 0 fully saturated rings. The highest BCUT2D eigenvalue weighted by atomic mass is 16.3. The van der Waals surface area contributed by atoms with E-state index in [-0.39, 0.29) is 6.61 Å². The van der Waals surface area contributed by atoms with Crippen molar-refractivity contribution in [3.8, 4) is 0 Å². The van der Waals surface area contributed by atoms with Crippen LogP contribution in [0.15, 0.2) is 49.1 Å². The minimum atomic E-state index is 0.247. The molecule has 0 aliphatic heterocycles. The van der Waals surface area contributed by atoms with Gasteiger partial charge in [0.1, 0.15) is 18.9 Å². The topological polar surface area (TPSA) is 29.0 Å². The van der Waals surface area contributed by atoms with Gasteiger partial charge in [-0.15, -0.1) is 0 Å². The van der Waals surface area contributed by atoms with Crippen molar-refractivity contribution in [2.45, 2.75) is 19.5 Å². The summed E-state index contributed by atoms with van der Waals surface area (Å²) < 4.78 is 4.24. The lowest BCUT2D eigenvalue weighted by molar-refractivity contribution is -0.687. The molecule has 16 heavy (non-hydrogen) atoms. The molecule has 3 heteroatoms. The van der Waals surface area contributed by atoms with Crippen LogP contribution in [0.2, 0.25) is 0 Å². The van der Waals surface area contributed by atoms with Crippen molar-refractivity contribution >= 4 is 0 Å². The minimum Gasteiger partial charge on any atom is -0.396 e. The molecule has 2 rings (SSSR count). The van der Waals surface area contributed by atoms with Crippen LogP contribution in [-0.2, 0) is 13.1 Å². The van der Waals surface area contributed by atoms with Gasteiger partial charge < -0.3 is 5.11 Å². The van der Waals surface area contributed by atoms with E-state index in [1.165, 1.54) is 5.56 Å². The van der Waals surface area contributed by atoms with Crippen LogP contribution in [0.5, 0.6) is 0 Å². The molecular weight excluding hydrogens is 200 g/mol. The van der Waals surface area contributed by atoms with Crippen LogP contribution < -0.4 is 4.57 Å². The number of hydrogen-bond acceptors (Lipinski definition) is 1. The number of aliphatic hydroxyl groups excluding tert-OH is 1. The molecule has 1 N–H and O–H groups in total. The summed E-state index contributed by atoms with van der Waals surface area (Å²) >= 11 is 0. The van der Waals surface area contributed by atoms with E-state index in [1.807, 2.05) is 12.3 Å². The quantitative estimate of drug-likeness (QED) is 0.749. The molecule has 0 bridgehead atoms. The highest BCUT2D eigenvalue weighted by Gasteiger charge is 2.03. The highest BCUT2D eigenvalue weighted by molar-refractivity contribution is 5.13. The van der Waals surface area contributed by atoms with E-state index in [4.69, 9.17) is 5.11 Å². The van der Waals surface area contributed by atoms with Crippen LogP contribution in [0.1, 0.15) is 12.0 Å². The lowest BCUT2D eigenvalue weighted by Gasteiger charge is -1.96. The smallest absolute Gasteiger partial charge is 0.244 e. The third-order valence-corrected chi connectivity index (χ3v) is 2.53. The Bertz CT molecular complexity index is 423. The summed E-state index contributed by atoms with van der Waals surface area (Å²) in [5, 5.41) is 8.75. The molecular formula is C13H17N2O+. The zero-order valence-corrected chi connectivity index (χ0v) is 9.29.